The van der Waals surface area contributed by atoms with E-state index in [1.807, 2.05) is 0 Å². The van der Waals surface area contributed by atoms with E-state index in [1.165, 1.54) is 18.2 Å². The smallest absolute Gasteiger partial charge is 0.411 e. The summed E-state index contributed by atoms with van der Waals surface area (Å²) in [7, 11) is 0. The fourth-order valence-corrected chi connectivity index (χ4v) is 1.46. The second-order valence-corrected chi connectivity index (χ2v) is 4.02. The van der Waals surface area contributed by atoms with Crippen LogP contribution < -0.4 is 16.8 Å². The Morgan fingerprint density at radius 1 is 1.33 bits per heavy atom. The maximum atomic E-state index is 11.4. The number of hydrogen-bond donors (Lipinski definition) is 5. The van der Waals surface area contributed by atoms with E-state index in [2.05, 4.69) is 10.1 Å². The van der Waals surface area contributed by atoms with Crippen molar-refractivity contribution < 1.29 is 29.3 Å². The molecular weight excluding hydrogens is 282 g/mol. The van der Waals surface area contributed by atoms with Gasteiger partial charge < -0.3 is 26.4 Å². The molecule has 1 rings (SSSR count). The molecule has 2 amide bonds. The van der Waals surface area contributed by atoms with Gasteiger partial charge in [0.2, 0.25) is 0 Å². The van der Waals surface area contributed by atoms with E-state index >= 15 is 0 Å². The minimum absolute atomic E-state index is 0.0426. The normalized spacial score (nSPS) is 11.5. The lowest BCUT2D eigenvalue weighted by atomic mass is 10.1. The molecule has 0 aliphatic heterocycles. The van der Waals surface area contributed by atoms with Gasteiger partial charge >= 0.3 is 12.1 Å². The van der Waals surface area contributed by atoms with Gasteiger partial charge in [-0.25, -0.2) is 4.79 Å². The molecule has 1 atom stereocenters. The number of aliphatic carboxylic acids is 1. The number of rotatable bonds is 6. The Morgan fingerprint density at radius 2 is 2.00 bits per heavy atom. The molecule has 0 aromatic heterocycles. The van der Waals surface area contributed by atoms with E-state index in [4.69, 9.17) is 16.6 Å². The Hall–Kier alpha value is -2.81. The summed E-state index contributed by atoms with van der Waals surface area (Å²) in [6, 6.07) is 4.25. The molecular formula is C12H15N3O6. The number of para-hydroxylation sites is 1. The number of carboxylic acid groups (broad SMARTS) is 1. The summed E-state index contributed by atoms with van der Waals surface area (Å²) < 4.78 is 4.62. The highest BCUT2D eigenvalue weighted by atomic mass is 16.5. The van der Waals surface area contributed by atoms with Crippen LogP contribution in [0.1, 0.15) is 18.1 Å². The number of ether oxygens (including phenoxy) is 1. The van der Waals surface area contributed by atoms with Gasteiger partial charge in [0, 0.05) is 5.56 Å². The number of carbonyl (C=O) groups is 3. The van der Waals surface area contributed by atoms with Crippen LogP contribution >= 0.6 is 0 Å². The first-order valence-electron chi connectivity index (χ1n) is 5.84. The largest absolute Gasteiger partial charge is 0.481 e. The molecule has 1 aromatic rings. The molecule has 7 N–H and O–H groups in total. The zero-order valence-electron chi connectivity index (χ0n) is 10.9. The van der Waals surface area contributed by atoms with Crippen LogP contribution in [-0.4, -0.2) is 34.8 Å². The Bertz CT molecular complexity index is 560. The Morgan fingerprint density at radius 3 is 2.57 bits per heavy atom. The number of carbonyl (C=O) groups excluding carboxylic acids is 2. The zero-order chi connectivity index (χ0) is 16.0. The minimum atomic E-state index is -1.60. The predicted molar refractivity (Wildman–Crippen MR) is 72.2 cm³/mol. The molecule has 0 aliphatic carbocycles. The lowest BCUT2D eigenvalue weighted by Crippen LogP contribution is -2.22. The monoisotopic (exact) mass is 297 g/mol. The van der Waals surface area contributed by atoms with Crippen molar-refractivity contribution in [3.05, 3.63) is 23.8 Å². The Balaban J connectivity index is 2.76. The lowest BCUT2D eigenvalue weighted by Gasteiger charge is -2.14. The molecule has 0 saturated heterocycles. The van der Waals surface area contributed by atoms with Gasteiger partial charge in [-0.2, -0.15) is 0 Å². The number of primary amides is 1. The van der Waals surface area contributed by atoms with Gasteiger partial charge in [0.05, 0.1) is 17.8 Å². The summed E-state index contributed by atoms with van der Waals surface area (Å²) in [6.45, 7) is -0.301. The lowest BCUT2D eigenvalue weighted by molar-refractivity contribution is -0.137. The number of amides is 2. The zero-order valence-corrected chi connectivity index (χ0v) is 10.9. The second kappa shape index (κ2) is 7.10. The van der Waals surface area contributed by atoms with Crippen molar-refractivity contribution in [3.63, 3.8) is 0 Å². The third kappa shape index (κ3) is 4.66. The van der Waals surface area contributed by atoms with Crippen molar-refractivity contribution in [1.82, 2.24) is 0 Å². The number of benzene rings is 1. The number of nitrogens with two attached hydrogens (primary N) is 2. The highest BCUT2D eigenvalue weighted by Gasteiger charge is 2.19. The first kappa shape index (κ1) is 16.2. The summed E-state index contributed by atoms with van der Waals surface area (Å²) in [4.78, 5) is 32.6. The van der Waals surface area contributed by atoms with Crippen LogP contribution in [0.15, 0.2) is 18.2 Å². The fourth-order valence-electron chi connectivity index (χ4n) is 1.46. The number of aliphatic hydroxyl groups excluding tert-OH is 1. The molecule has 9 heteroatoms. The number of nitrogen functional groups attached to an aromatic ring is 1. The fraction of sp³-hybridized carbons (Fsp3) is 0.250. The maximum absolute atomic E-state index is 11.4. The van der Waals surface area contributed by atoms with Crippen molar-refractivity contribution in [3.8, 4) is 0 Å². The summed E-state index contributed by atoms with van der Waals surface area (Å²) in [5.74, 6) is -2.09. The minimum Gasteiger partial charge on any atom is -0.481 e. The van der Waals surface area contributed by atoms with Crippen molar-refractivity contribution in [2.75, 3.05) is 17.7 Å². The molecule has 21 heavy (non-hydrogen) atoms. The van der Waals surface area contributed by atoms with Crippen molar-refractivity contribution in [2.45, 2.75) is 12.5 Å². The van der Waals surface area contributed by atoms with E-state index in [0.29, 0.717) is 0 Å². The van der Waals surface area contributed by atoms with Gasteiger partial charge in [0.1, 0.15) is 6.61 Å². The van der Waals surface area contributed by atoms with Gasteiger partial charge in [-0.1, -0.05) is 12.1 Å². The first-order chi connectivity index (χ1) is 9.82. The van der Waals surface area contributed by atoms with Crippen LogP contribution in [0.3, 0.4) is 0 Å². The molecule has 0 saturated carbocycles. The molecule has 0 bridgehead atoms. The Kier molecular flexibility index (Phi) is 5.49. The standard InChI is InChI=1S/C12H15N3O6/c13-9-6(10(18)11(14)19)2-1-3-7(9)15-12(20)21-5-4-8(16)17/h1-3,10,18H,4-5,13H2,(H2,14,19)(H,15,20)(H,16,17). The van der Waals surface area contributed by atoms with E-state index in [0.717, 1.165) is 0 Å². The number of hydrogen-bond acceptors (Lipinski definition) is 6. The van der Waals surface area contributed by atoms with Gasteiger partial charge in [-0.05, 0) is 6.07 Å². The summed E-state index contributed by atoms with van der Waals surface area (Å²) in [5.41, 5.74) is 10.8. The third-order valence-corrected chi connectivity index (χ3v) is 2.49. The highest BCUT2D eigenvalue weighted by molar-refractivity contribution is 5.91. The number of carboxylic acids is 1. The van der Waals surface area contributed by atoms with Gasteiger partial charge in [-0.3, -0.25) is 14.9 Å². The van der Waals surface area contributed by atoms with Gasteiger partial charge in [0.25, 0.3) is 5.91 Å². The van der Waals surface area contributed by atoms with Crippen molar-refractivity contribution in [1.29, 1.82) is 0 Å². The van der Waals surface area contributed by atoms with Crippen LogP contribution in [0, 0.1) is 0 Å². The van der Waals surface area contributed by atoms with Gasteiger partial charge in [0.15, 0.2) is 6.10 Å². The average Bonchev–Trinajstić information content (AvgIpc) is 2.39. The average molecular weight is 297 g/mol. The quantitative estimate of drug-likeness (QED) is 0.454. The van der Waals surface area contributed by atoms with E-state index < -0.39 is 24.1 Å². The topological polar surface area (TPSA) is 165 Å². The number of anilines is 2. The Labute approximate surface area is 119 Å². The molecule has 0 aliphatic rings. The van der Waals surface area contributed by atoms with Crippen LogP contribution in [0.2, 0.25) is 0 Å². The number of nitrogens with one attached hydrogen (secondary N) is 1. The van der Waals surface area contributed by atoms with Crippen LogP contribution in [0.25, 0.3) is 0 Å². The molecule has 0 heterocycles. The second-order valence-electron chi connectivity index (χ2n) is 4.02. The van der Waals surface area contributed by atoms with Crippen LogP contribution in [0.4, 0.5) is 16.2 Å². The van der Waals surface area contributed by atoms with Crippen molar-refractivity contribution in [2.24, 2.45) is 5.73 Å². The maximum Gasteiger partial charge on any atom is 0.411 e. The molecule has 9 nitrogen and oxygen atoms in total. The molecule has 114 valence electrons. The summed E-state index contributed by atoms with van der Waals surface area (Å²) in [5, 5.41) is 20.3. The SMILES string of the molecule is NC(=O)C(O)c1cccc(NC(=O)OCCC(=O)O)c1N. The highest BCUT2D eigenvalue weighted by Crippen LogP contribution is 2.27. The summed E-state index contributed by atoms with van der Waals surface area (Å²) >= 11 is 0. The molecule has 0 fully saturated rings. The van der Waals surface area contributed by atoms with Crippen LogP contribution in [-0.2, 0) is 14.3 Å². The van der Waals surface area contributed by atoms with Gasteiger partial charge in [-0.15, -0.1) is 0 Å². The van der Waals surface area contributed by atoms with E-state index in [9.17, 15) is 19.5 Å². The molecule has 1 aromatic carbocycles. The summed E-state index contributed by atoms with van der Waals surface area (Å²) in [6.07, 6.45) is -2.84. The van der Waals surface area contributed by atoms with Crippen LogP contribution in [0.5, 0.6) is 0 Å². The molecule has 0 spiro atoms. The van der Waals surface area contributed by atoms with Crippen molar-refractivity contribution >= 4 is 29.3 Å². The first-order valence-corrected chi connectivity index (χ1v) is 5.84. The molecule has 0 radical (unpaired) electrons. The molecule has 1 unspecified atom stereocenters. The third-order valence-electron chi connectivity index (χ3n) is 2.49. The predicted octanol–water partition coefficient (Wildman–Crippen LogP) is -0.189. The van der Waals surface area contributed by atoms with E-state index in [-0.39, 0.29) is 30.0 Å². The van der Waals surface area contributed by atoms with E-state index in [1.54, 1.807) is 0 Å². The number of aliphatic hydroxyl groups is 1.